The molecule has 0 bridgehead atoms. The van der Waals surface area contributed by atoms with Crippen LogP contribution in [0.25, 0.3) is 0 Å². The summed E-state index contributed by atoms with van der Waals surface area (Å²) in [4.78, 5) is 18.2. The zero-order valence-corrected chi connectivity index (χ0v) is 13.1. The van der Waals surface area contributed by atoms with E-state index < -0.39 is 6.10 Å². The Morgan fingerprint density at radius 1 is 1.43 bits per heavy atom. The highest BCUT2D eigenvalue weighted by Gasteiger charge is 2.34. The number of aromatic nitrogens is 1. The van der Waals surface area contributed by atoms with Crippen LogP contribution in [0.4, 0.5) is 10.6 Å². The summed E-state index contributed by atoms with van der Waals surface area (Å²) >= 11 is 3.48. The van der Waals surface area contributed by atoms with Gasteiger partial charge in [-0.05, 0) is 40.9 Å². The van der Waals surface area contributed by atoms with Gasteiger partial charge in [-0.3, -0.25) is 5.32 Å². The van der Waals surface area contributed by atoms with Gasteiger partial charge < -0.3 is 15.1 Å². The fourth-order valence-corrected chi connectivity index (χ4v) is 3.10. The van der Waals surface area contributed by atoms with Crippen LogP contribution in [0.3, 0.4) is 0 Å². The number of aliphatic hydroxyl groups is 2. The average molecular weight is 356 g/mol. The van der Waals surface area contributed by atoms with Crippen LogP contribution in [0, 0.1) is 5.92 Å². The molecule has 1 aliphatic carbocycles. The van der Waals surface area contributed by atoms with E-state index in [9.17, 15) is 9.90 Å². The van der Waals surface area contributed by atoms with Gasteiger partial charge in [0, 0.05) is 29.4 Å². The van der Waals surface area contributed by atoms with Gasteiger partial charge in [-0.1, -0.05) is 0 Å². The lowest BCUT2D eigenvalue weighted by Gasteiger charge is -2.17. The molecule has 0 radical (unpaired) electrons. The van der Waals surface area contributed by atoms with Gasteiger partial charge in [-0.2, -0.15) is 0 Å². The van der Waals surface area contributed by atoms with Crippen molar-refractivity contribution in [2.45, 2.75) is 24.9 Å². The molecule has 2 atom stereocenters. The number of rotatable bonds is 3. The van der Waals surface area contributed by atoms with Crippen molar-refractivity contribution in [3.8, 4) is 0 Å². The number of anilines is 1. The Morgan fingerprint density at radius 2 is 2.19 bits per heavy atom. The maximum absolute atomic E-state index is 12.2. The smallest absolute Gasteiger partial charge is 0.323 e. The zero-order chi connectivity index (χ0) is 15.0. The van der Waals surface area contributed by atoms with Gasteiger partial charge in [0.25, 0.3) is 0 Å². The number of aliphatic hydroxyl groups excluding tert-OH is 2. The number of hydrogen-bond acceptors (Lipinski definition) is 4. The first-order chi connectivity index (χ1) is 10.1. The van der Waals surface area contributed by atoms with E-state index in [0.29, 0.717) is 18.3 Å². The quantitative estimate of drug-likeness (QED) is 0.767. The molecular formula is C14H18BrN3O3. The van der Waals surface area contributed by atoms with Crippen LogP contribution in [-0.4, -0.2) is 51.9 Å². The summed E-state index contributed by atoms with van der Waals surface area (Å²) in [6.45, 7) is 0.478. The molecule has 2 fully saturated rings. The van der Waals surface area contributed by atoms with Crippen LogP contribution in [0.5, 0.6) is 0 Å². The van der Waals surface area contributed by atoms with Crippen molar-refractivity contribution in [2.75, 3.05) is 25.0 Å². The lowest BCUT2D eigenvalue weighted by atomic mass is 10.1. The van der Waals surface area contributed by atoms with E-state index in [2.05, 4.69) is 26.2 Å². The summed E-state index contributed by atoms with van der Waals surface area (Å²) in [5.74, 6) is 0.742. The van der Waals surface area contributed by atoms with Gasteiger partial charge in [0.05, 0.1) is 18.4 Å². The average Bonchev–Trinajstić information content (AvgIpc) is 3.23. The van der Waals surface area contributed by atoms with Gasteiger partial charge in [0.1, 0.15) is 5.82 Å². The molecule has 6 nitrogen and oxygen atoms in total. The number of hydrogen-bond donors (Lipinski definition) is 3. The molecule has 2 aliphatic rings. The van der Waals surface area contributed by atoms with Crippen LogP contribution in [0.15, 0.2) is 16.6 Å². The normalized spacial score (nSPS) is 25.2. The van der Waals surface area contributed by atoms with E-state index in [-0.39, 0.29) is 25.1 Å². The maximum atomic E-state index is 12.2. The Kier molecular flexibility index (Phi) is 4.14. The van der Waals surface area contributed by atoms with Crippen molar-refractivity contribution >= 4 is 27.8 Å². The Hall–Kier alpha value is -1.18. The molecule has 114 valence electrons. The molecule has 1 saturated heterocycles. The number of pyridine rings is 1. The lowest BCUT2D eigenvalue weighted by Crippen LogP contribution is -2.34. The monoisotopic (exact) mass is 355 g/mol. The molecule has 0 aromatic carbocycles. The molecule has 1 aliphatic heterocycles. The number of amides is 2. The van der Waals surface area contributed by atoms with Crippen LogP contribution >= 0.6 is 15.9 Å². The van der Waals surface area contributed by atoms with Crippen molar-refractivity contribution in [3.63, 3.8) is 0 Å². The lowest BCUT2D eigenvalue weighted by molar-refractivity contribution is 0.103. The zero-order valence-electron chi connectivity index (χ0n) is 11.5. The predicted octanol–water partition coefficient (Wildman–Crippen LogP) is 1.54. The van der Waals surface area contributed by atoms with Gasteiger partial charge >= 0.3 is 6.03 Å². The molecule has 2 unspecified atom stereocenters. The highest BCUT2D eigenvalue weighted by molar-refractivity contribution is 9.10. The standard InChI is InChI=1S/C14H18BrN3O3/c15-10-3-4-12(16-13(10)8-1-2-8)17-14(21)18-5-9(7-19)11(20)6-18/h3-4,8-9,11,19-20H,1-2,5-7H2,(H,16,17,21). The van der Waals surface area contributed by atoms with Crippen molar-refractivity contribution in [1.29, 1.82) is 0 Å². The number of carbonyl (C=O) groups is 1. The minimum absolute atomic E-state index is 0.118. The number of halogens is 1. The summed E-state index contributed by atoms with van der Waals surface area (Å²) in [5, 5.41) is 21.6. The van der Waals surface area contributed by atoms with E-state index in [1.54, 1.807) is 6.07 Å². The number of β-amino-alcohol motifs (C(OH)–C–C–N with tert-alkyl or cyclic N) is 1. The molecule has 1 aromatic heterocycles. The van der Waals surface area contributed by atoms with Gasteiger partial charge in [-0.25, -0.2) is 9.78 Å². The van der Waals surface area contributed by atoms with Gasteiger partial charge in [0.15, 0.2) is 0 Å². The number of urea groups is 1. The van der Waals surface area contributed by atoms with Crippen molar-refractivity contribution in [2.24, 2.45) is 5.92 Å². The van der Waals surface area contributed by atoms with Gasteiger partial charge in [0.2, 0.25) is 0 Å². The molecule has 7 heteroatoms. The summed E-state index contributed by atoms with van der Waals surface area (Å²) in [6.07, 6.45) is 1.61. The molecule has 0 spiro atoms. The number of likely N-dealkylation sites (tertiary alicyclic amines) is 1. The highest BCUT2D eigenvalue weighted by Crippen LogP contribution is 2.42. The first-order valence-electron chi connectivity index (χ1n) is 7.09. The second kappa shape index (κ2) is 5.90. The van der Waals surface area contributed by atoms with Crippen molar-refractivity contribution in [3.05, 3.63) is 22.3 Å². The first-order valence-corrected chi connectivity index (χ1v) is 7.89. The molecule has 3 N–H and O–H groups in total. The Bertz CT molecular complexity index is 550. The fraction of sp³-hybridized carbons (Fsp3) is 0.571. The molecule has 3 rings (SSSR count). The highest BCUT2D eigenvalue weighted by atomic mass is 79.9. The number of nitrogens with one attached hydrogen (secondary N) is 1. The minimum atomic E-state index is -0.666. The summed E-state index contributed by atoms with van der Waals surface area (Å²) in [7, 11) is 0. The number of nitrogens with zero attached hydrogens (tertiary/aromatic N) is 2. The Labute approximate surface area is 131 Å². The van der Waals surface area contributed by atoms with Gasteiger partial charge in [-0.15, -0.1) is 0 Å². The first kappa shape index (κ1) is 14.7. The van der Waals surface area contributed by atoms with Crippen molar-refractivity contribution in [1.82, 2.24) is 9.88 Å². The summed E-state index contributed by atoms with van der Waals surface area (Å²) in [5.41, 5.74) is 0.988. The predicted molar refractivity (Wildman–Crippen MR) is 81.1 cm³/mol. The molecule has 2 heterocycles. The summed E-state index contributed by atoms with van der Waals surface area (Å²) < 4.78 is 0.972. The molecular weight excluding hydrogens is 338 g/mol. The molecule has 2 amide bonds. The third kappa shape index (κ3) is 3.20. The Balaban J connectivity index is 1.66. The maximum Gasteiger partial charge on any atom is 0.323 e. The van der Waals surface area contributed by atoms with Crippen LogP contribution in [0.2, 0.25) is 0 Å². The molecule has 1 saturated carbocycles. The molecule has 21 heavy (non-hydrogen) atoms. The third-order valence-electron chi connectivity index (χ3n) is 4.00. The van der Waals surface area contributed by atoms with E-state index in [1.807, 2.05) is 6.07 Å². The van der Waals surface area contributed by atoms with Crippen LogP contribution in [0.1, 0.15) is 24.5 Å². The second-order valence-corrected chi connectivity index (χ2v) is 6.54. The van der Waals surface area contributed by atoms with E-state index in [0.717, 1.165) is 23.0 Å². The number of carbonyl (C=O) groups excluding carboxylic acids is 1. The fourth-order valence-electron chi connectivity index (χ4n) is 2.56. The largest absolute Gasteiger partial charge is 0.396 e. The second-order valence-electron chi connectivity index (χ2n) is 5.68. The summed E-state index contributed by atoms with van der Waals surface area (Å²) in [6, 6.07) is 3.36. The SMILES string of the molecule is O=C(Nc1ccc(Br)c(C2CC2)n1)N1CC(O)C(CO)C1. The van der Waals surface area contributed by atoms with Crippen molar-refractivity contribution < 1.29 is 15.0 Å². The topological polar surface area (TPSA) is 85.7 Å². The van der Waals surface area contributed by atoms with Crippen LogP contribution in [-0.2, 0) is 0 Å². The minimum Gasteiger partial charge on any atom is -0.396 e. The molecule has 1 aromatic rings. The van der Waals surface area contributed by atoms with E-state index in [1.165, 1.54) is 4.90 Å². The third-order valence-corrected chi connectivity index (χ3v) is 4.67. The van der Waals surface area contributed by atoms with Crippen LogP contribution < -0.4 is 5.32 Å². The Morgan fingerprint density at radius 3 is 2.81 bits per heavy atom. The van der Waals surface area contributed by atoms with E-state index in [4.69, 9.17) is 5.11 Å². The van der Waals surface area contributed by atoms with E-state index >= 15 is 0 Å².